The van der Waals surface area contributed by atoms with Gasteiger partial charge >= 0.3 is 0 Å². The third kappa shape index (κ3) is 4.56. The number of rotatable bonds is 6. The summed E-state index contributed by atoms with van der Waals surface area (Å²) in [5, 5.41) is 22.4. The molecule has 0 bridgehead atoms. The minimum absolute atomic E-state index is 0.389. The van der Waals surface area contributed by atoms with E-state index in [0.717, 1.165) is 81.3 Å². The Morgan fingerprint density at radius 2 is 1.63 bits per heavy atom. The summed E-state index contributed by atoms with van der Waals surface area (Å²) in [5.41, 5.74) is 0.0216. The van der Waals surface area contributed by atoms with Gasteiger partial charge in [0.15, 0.2) is 0 Å². The Labute approximate surface area is 216 Å². The van der Waals surface area contributed by atoms with Crippen LogP contribution in [0.2, 0.25) is 0 Å². The first-order valence-electron chi connectivity index (χ1n) is 15.5. The molecule has 1 aliphatic heterocycles. The molecular weight excluding hydrogens is 432 g/mol. The summed E-state index contributed by atoms with van der Waals surface area (Å²) < 4.78 is 5.55. The first kappa shape index (κ1) is 26.5. The van der Waals surface area contributed by atoms with Crippen LogP contribution in [0.15, 0.2) is 0 Å². The molecule has 0 aromatic carbocycles. The van der Waals surface area contributed by atoms with Gasteiger partial charge in [0.05, 0.1) is 11.2 Å². The van der Waals surface area contributed by atoms with Crippen LogP contribution in [0.5, 0.6) is 0 Å². The molecular formula is C32H56O3. The summed E-state index contributed by atoms with van der Waals surface area (Å²) in [4.78, 5) is 0. The van der Waals surface area contributed by atoms with E-state index in [2.05, 4.69) is 34.6 Å². The van der Waals surface area contributed by atoms with Crippen LogP contribution < -0.4 is 0 Å². The lowest BCUT2D eigenvalue weighted by atomic mass is 9.43. The van der Waals surface area contributed by atoms with E-state index in [4.69, 9.17) is 4.74 Å². The molecule has 1 heterocycles. The van der Waals surface area contributed by atoms with E-state index in [1.807, 2.05) is 0 Å². The van der Waals surface area contributed by atoms with Gasteiger partial charge in [-0.2, -0.15) is 0 Å². The van der Waals surface area contributed by atoms with Gasteiger partial charge in [0.2, 0.25) is 0 Å². The standard InChI is InChI=1S/C32H56O3/c1-6-32(34)18-17-29(3)24(21-32)7-8-25-27-10-9-26(30(27,4)15-12-28(25)29)22(2)11-16-31(5,33)23-13-19-35-20-14-23/h22-28,33-34H,6-21H2,1-5H3/t22-,24-,25+,26-,27+,28+,29+,30-,31?,32+/m1/s1. The highest BCUT2D eigenvalue weighted by atomic mass is 16.5. The van der Waals surface area contributed by atoms with E-state index in [9.17, 15) is 10.2 Å². The van der Waals surface area contributed by atoms with E-state index >= 15 is 0 Å². The second-order valence-electron chi connectivity index (χ2n) is 14.9. The van der Waals surface area contributed by atoms with Crippen LogP contribution in [0.3, 0.4) is 0 Å². The first-order valence-corrected chi connectivity index (χ1v) is 15.5. The largest absolute Gasteiger partial charge is 0.390 e. The molecule has 5 rings (SSSR count). The summed E-state index contributed by atoms with van der Waals surface area (Å²) >= 11 is 0. The van der Waals surface area contributed by atoms with Gasteiger partial charge in [0.25, 0.3) is 0 Å². The van der Waals surface area contributed by atoms with Gasteiger partial charge in [0.1, 0.15) is 0 Å². The van der Waals surface area contributed by atoms with Crippen LogP contribution in [0.25, 0.3) is 0 Å². The monoisotopic (exact) mass is 488 g/mol. The molecule has 5 aliphatic rings. The molecule has 0 aromatic rings. The Morgan fingerprint density at radius 1 is 0.914 bits per heavy atom. The fraction of sp³-hybridized carbons (Fsp3) is 1.00. The molecule has 4 aliphatic carbocycles. The van der Waals surface area contributed by atoms with Crippen molar-refractivity contribution in [1.82, 2.24) is 0 Å². The SMILES string of the molecule is CC[C@]1(O)CC[C@@]2(C)[C@H](CC[C@@H]3[C@@H]2CC[C@]2(C)[C@@H]([C@H](C)CCC(C)(O)C4CCOCC4)CC[C@@H]32)C1. The van der Waals surface area contributed by atoms with E-state index < -0.39 is 5.60 Å². The molecule has 0 radical (unpaired) electrons. The Morgan fingerprint density at radius 3 is 2.34 bits per heavy atom. The van der Waals surface area contributed by atoms with E-state index in [1.54, 1.807) is 0 Å². The molecule has 3 nitrogen and oxygen atoms in total. The quantitative estimate of drug-likeness (QED) is 0.410. The third-order valence-electron chi connectivity index (χ3n) is 13.4. The number of ether oxygens (including phenoxy) is 1. The Balaban J connectivity index is 1.24. The van der Waals surface area contributed by atoms with E-state index in [0.29, 0.717) is 22.7 Å². The smallest absolute Gasteiger partial charge is 0.0649 e. The van der Waals surface area contributed by atoms with Crippen molar-refractivity contribution in [3.8, 4) is 0 Å². The van der Waals surface area contributed by atoms with Crippen molar-refractivity contribution in [1.29, 1.82) is 0 Å². The lowest BCUT2D eigenvalue weighted by Gasteiger charge is -2.62. The van der Waals surface area contributed by atoms with Crippen molar-refractivity contribution in [2.45, 2.75) is 136 Å². The molecule has 0 aromatic heterocycles. The van der Waals surface area contributed by atoms with Gasteiger partial charge in [-0.25, -0.2) is 0 Å². The summed E-state index contributed by atoms with van der Waals surface area (Å²) in [6.07, 6.45) is 16.8. The molecule has 2 N–H and O–H groups in total. The molecule has 4 saturated carbocycles. The molecule has 3 heteroatoms. The highest BCUT2D eigenvalue weighted by Crippen LogP contribution is 2.69. The van der Waals surface area contributed by atoms with Gasteiger partial charge in [-0.3, -0.25) is 0 Å². The lowest BCUT2D eigenvalue weighted by Crippen LogP contribution is -2.56. The van der Waals surface area contributed by atoms with Gasteiger partial charge in [0, 0.05) is 13.2 Å². The van der Waals surface area contributed by atoms with Crippen molar-refractivity contribution in [3.05, 3.63) is 0 Å². The van der Waals surface area contributed by atoms with Crippen molar-refractivity contribution in [2.75, 3.05) is 13.2 Å². The highest BCUT2D eigenvalue weighted by molar-refractivity contribution is 5.11. The second-order valence-corrected chi connectivity index (χ2v) is 14.9. The topological polar surface area (TPSA) is 49.7 Å². The highest BCUT2D eigenvalue weighted by Gasteiger charge is 2.61. The first-order chi connectivity index (χ1) is 16.5. The Hall–Kier alpha value is -0.120. The van der Waals surface area contributed by atoms with Gasteiger partial charge in [-0.15, -0.1) is 0 Å². The predicted molar refractivity (Wildman–Crippen MR) is 143 cm³/mol. The normalized spacial score (nSPS) is 48.9. The van der Waals surface area contributed by atoms with Crippen molar-refractivity contribution < 1.29 is 14.9 Å². The molecule has 5 fully saturated rings. The van der Waals surface area contributed by atoms with Gasteiger partial charge in [-0.1, -0.05) is 27.7 Å². The number of hydrogen-bond donors (Lipinski definition) is 2. The maximum Gasteiger partial charge on any atom is 0.0649 e. The van der Waals surface area contributed by atoms with Crippen LogP contribution in [-0.2, 0) is 4.74 Å². The van der Waals surface area contributed by atoms with E-state index in [-0.39, 0.29) is 5.60 Å². The minimum Gasteiger partial charge on any atom is -0.390 e. The predicted octanol–water partition coefficient (Wildman–Crippen LogP) is 7.38. The summed E-state index contributed by atoms with van der Waals surface area (Å²) in [7, 11) is 0. The lowest BCUT2D eigenvalue weighted by molar-refractivity contribution is -0.153. The fourth-order valence-electron chi connectivity index (χ4n) is 10.9. The Bertz CT molecular complexity index is 743. The van der Waals surface area contributed by atoms with Crippen LogP contribution in [0.4, 0.5) is 0 Å². The average molecular weight is 489 g/mol. The molecule has 1 unspecified atom stereocenters. The zero-order valence-electron chi connectivity index (χ0n) is 23.7. The minimum atomic E-state index is -0.539. The number of fused-ring (bicyclic) bond motifs is 5. The van der Waals surface area contributed by atoms with Gasteiger partial charge < -0.3 is 14.9 Å². The van der Waals surface area contributed by atoms with E-state index in [1.165, 1.54) is 51.4 Å². The van der Waals surface area contributed by atoms with Crippen molar-refractivity contribution in [3.63, 3.8) is 0 Å². The van der Waals surface area contributed by atoms with Gasteiger partial charge in [-0.05, 0) is 149 Å². The summed E-state index contributed by atoms with van der Waals surface area (Å²) in [6, 6.07) is 0. The molecule has 0 spiro atoms. The zero-order valence-corrected chi connectivity index (χ0v) is 23.7. The zero-order chi connectivity index (χ0) is 25.1. The third-order valence-corrected chi connectivity index (χ3v) is 13.4. The Kier molecular flexibility index (Phi) is 7.24. The molecule has 202 valence electrons. The molecule has 1 saturated heterocycles. The average Bonchev–Trinajstić information content (AvgIpc) is 3.21. The van der Waals surface area contributed by atoms with Crippen LogP contribution in [0, 0.1) is 52.3 Å². The van der Waals surface area contributed by atoms with Crippen molar-refractivity contribution >= 4 is 0 Å². The maximum atomic E-state index is 11.3. The summed E-state index contributed by atoms with van der Waals surface area (Å²) in [5.74, 6) is 5.34. The molecule has 35 heavy (non-hydrogen) atoms. The number of hydrogen-bond acceptors (Lipinski definition) is 3. The number of aliphatic hydroxyl groups is 2. The molecule has 10 atom stereocenters. The van der Waals surface area contributed by atoms with Crippen LogP contribution in [-0.4, -0.2) is 34.6 Å². The summed E-state index contributed by atoms with van der Waals surface area (Å²) in [6.45, 7) is 13.7. The van der Waals surface area contributed by atoms with Crippen LogP contribution >= 0.6 is 0 Å². The fourth-order valence-corrected chi connectivity index (χ4v) is 10.9. The second kappa shape index (κ2) is 9.57. The van der Waals surface area contributed by atoms with Crippen LogP contribution in [0.1, 0.15) is 125 Å². The van der Waals surface area contributed by atoms with Crippen molar-refractivity contribution in [2.24, 2.45) is 52.3 Å². The molecule has 0 amide bonds. The maximum absolute atomic E-state index is 11.3.